The molecule has 9 unspecified atom stereocenters. The Labute approximate surface area is 235 Å². The van der Waals surface area contributed by atoms with Gasteiger partial charge >= 0.3 is 20.8 Å². The van der Waals surface area contributed by atoms with Gasteiger partial charge in [0.25, 0.3) is 0 Å². The number of rotatable bonds is 11. The van der Waals surface area contributed by atoms with E-state index in [0.29, 0.717) is 0 Å². The standard InChI is InChI=1S/C20H36O19S2/c1-7-9(4-34-20-16(26)18(39-41(30,31)32)13(23)8(2)37-20)17(38-40(27,28)29)15(25)19(36-7)35-5-10-11(22)6-33-12(3-21)14(10)24/h7-26H,3-6H2,1-2H3,(H,27,28,29)(H,30,31,32)/t7?,8?,9-,10?,11?,12?,13-,14-,15?,16?,17?,18?,19-,20-/m1/s1. The summed E-state index contributed by atoms with van der Waals surface area (Å²) >= 11 is 0. The minimum atomic E-state index is -5.18. The average molecular weight is 645 g/mol. The molecule has 21 heteroatoms. The summed E-state index contributed by atoms with van der Waals surface area (Å²) < 4.78 is 99.8. The first-order valence-corrected chi connectivity index (χ1v) is 15.1. The Balaban J connectivity index is 1.72. The second kappa shape index (κ2) is 13.9. The van der Waals surface area contributed by atoms with E-state index in [0.717, 1.165) is 0 Å². The SMILES string of the molecule is CC1O[C@@H](OC[C@@H]2C(C)O[C@@H](OCC3C(O)COC(CO)[C@@H]3O)C(O)C2OS(=O)(=O)O)C(O)C(OS(=O)(=O)O)[C@@H]1O. The van der Waals surface area contributed by atoms with Crippen LogP contribution in [0.1, 0.15) is 13.8 Å². The van der Waals surface area contributed by atoms with Gasteiger partial charge in [0, 0.05) is 11.8 Å². The average Bonchev–Trinajstić information content (AvgIpc) is 2.85. The van der Waals surface area contributed by atoms with E-state index in [1.54, 1.807) is 0 Å². The van der Waals surface area contributed by atoms with Crippen molar-refractivity contribution >= 4 is 20.8 Å². The van der Waals surface area contributed by atoms with E-state index < -0.39 is 126 Å². The third kappa shape index (κ3) is 8.92. The van der Waals surface area contributed by atoms with Gasteiger partial charge in [-0.05, 0) is 13.8 Å². The van der Waals surface area contributed by atoms with Crippen molar-refractivity contribution in [1.29, 1.82) is 0 Å². The van der Waals surface area contributed by atoms with Crippen molar-refractivity contribution in [3.63, 3.8) is 0 Å². The van der Waals surface area contributed by atoms with Crippen LogP contribution in [0.15, 0.2) is 0 Å². The first-order chi connectivity index (χ1) is 18.9. The second-order valence-corrected chi connectivity index (χ2v) is 12.1. The Morgan fingerprint density at radius 2 is 1.20 bits per heavy atom. The van der Waals surface area contributed by atoms with Gasteiger partial charge in [-0.2, -0.15) is 16.8 Å². The molecule has 0 aromatic rings. The lowest BCUT2D eigenvalue weighted by Crippen LogP contribution is -2.61. The number of ether oxygens (including phenoxy) is 5. The second-order valence-electron chi connectivity index (χ2n) is 9.97. The van der Waals surface area contributed by atoms with Crippen LogP contribution in [0.25, 0.3) is 0 Å². The van der Waals surface area contributed by atoms with Crippen LogP contribution in [-0.4, -0.2) is 157 Å². The molecule has 3 fully saturated rings. The first kappa shape index (κ1) is 34.8. The quantitative estimate of drug-likeness (QED) is 0.0980. The fraction of sp³-hybridized carbons (Fsp3) is 1.00. The molecule has 0 radical (unpaired) electrons. The van der Waals surface area contributed by atoms with Gasteiger partial charge in [0.2, 0.25) is 0 Å². The molecule has 3 aliphatic heterocycles. The lowest BCUT2D eigenvalue weighted by molar-refractivity contribution is -0.314. The van der Waals surface area contributed by atoms with Crippen LogP contribution in [0, 0.1) is 11.8 Å². The van der Waals surface area contributed by atoms with Crippen molar-refractivity contribution in [2.75, 3.05) is 26.4 Å². The van der Waals surface area contributed by atoms with Crippen molar-refractivity contribution in [3.8, 4) is 0 Å². The highest BCUT2D eigenvalue weighted by Gasteiger charge is 2.50. The number of aliphatic hydroxyl groups excluding tert-OH is 6. The predicted octanol–water partition coefficient (Wildman–Crippen LogP) is -4.69. The number of hydrogen-bond donors (Lipinski definition) is 8. The van der Waals surface area contributed by atoms with E-state index in [1.807, 2.05) is 0 Å². The number of aliphatic hydroxyl groups is 6. The van der Waals surface area contributed by atoms with Crippen LogP contribution in [-0.2, 0) is 52.8 Å². The molecule has 19 nitrogen and oxygen atoms in total. The highest BCUT2D eigenvalue weighted by molar-refractivity contribution is 7.81. The molecule has 0 bridgehead atoms. The molecule has 0 aliphatic carbocycles. The van der Waals surface area contributed by atoms with E-state index in [1.165, 1.54) is 13.8 Å². The lowest BCUT2D eigenvalue weighted by Gasteiger charge is -2.45. The van der Waals surface area contributed by atoms with Crippen LogP contribution < -0.4 is 0 Å². The smallest absolute Gasteiger partial charge is 0.394 e. The van der Waals surface area contributed by atoms with Crippen molar-refractivity contribution in [1.82, 2.24) is 0 Å². The highest BCUT2D eigenvalue weighted by Crippen LogP contribution is 2.33. The maximum Gasteiger partial charge on any atom is 0.397 e. The molecule has 0 aromatic heterocycles. The van der Waals surface area contributed by atoms with Gasteiger partial charge in [-0.3, -0.25) is 9.11 Å². The normalized spacial score (nSPS) is 44.5. The molecule has 0 amide bonds. The largest absolute Gasteiger partial charge is 0.397 e. The van der Waals surface area contributed by atoms with Crippen molar-refractivity contribution in [3.05, 3.63) is 0 Å². The summed E-state index contributed by atoms with van der Waals surface area (Å²) in [5, 5.41) is 61.2. The molecule has 0 saturated carbocycles. The zero-order chi connectivity index (χ0) is 30.9. The molecule has 3 rings (SSSR count). The van der Waals surface area contributed by atoms with Crippen molar-refractivity contribution < 1.29 is 88.6 Å². The third-order valence-electron chi connectivity index (χ3n) is 7.12. The zero-order valence-electron chi connectivity index (χ0n) is 21.8. The third-order valence-corrected chi connectivity index (χ3v) is 8.05. The molecular formula is C20H36O19S2. The van der Waals surface area contributed by atoms with E-state index in [9.17, 15) is 52.0 Å². The van der Waals surface area contributed by atoms with Gasteiger partial charge in [-0.15, -0.1) is 0 Å². The molecular weight excluding hydrogens is 608 g/mol. The minimum Gasteiger partial charge on any atom is -0.394 e. The van der Waals surface area contributed by atoms with Gasteiger partial charge in [-0.25, -0.2) is 8.37 Å². The monoisotopic (exact) mass is 644 g/mol. The van der Waals surface area contributed by atoms with Gasteiger partial charge in [0.1, 0.15) is 36.6 Å². The Kier molecular flexibility index (Phi) is 11.8. The highest BCUT2D eigenvalue weighted by atomic mass is 32.3. The summed E-state index contributed by atoms with van der Waals surface area (Å²) in [6.45, 7) is 0.860. The molecule has 3 saturated heterocycles. The molecule has 242 valence electrons. The Morgan fingerprint density at radius 3 is 1.73 bits per heavy atom. The van der Waals surface area contributed by atoms with Crippen LogP contribution in [0.5, 0.6) is 0 Å². The summed E-state index contributed by atoms with van der Waals surface area (Å²) in [5.41, 5.74) is 0. The Bertz CT molecular complexity index is 1060. The van der Waals surface area contributed by atoms with Crippen LogP contribution >= 0.6 is 0 Å². The minimum absolute atomic E-state index is 0.227. The van der Waals surface area contributed by atoms with Gasteiger partial charge in [-0.1, -0.05) is 0 Å². The Hall–Kier alpha value is -0.700. The summed E-state index contributed by atoms with van der Waals surface area (Å²) in [6.07, 6.45) is -18.4. The molecule has 14 atom stereocenters. The van der Waals surface area contributed by atoms with E-state index in [4.69, 9.17) is 28.2 Å². The summed E-state index contributed by atoms with van der Waals surface area (Å²) in [5.74, 6) is -2.21. The van der Waals surface area contributed by atoms with Crippen molar-refractivity contribution in [2.45, 2.75) is 87.5 Å². The van der Waals surface area contributed by atoms with Crippen LogP contribution in [0.2, 0.25) is 0 Å². The predicted molar refractivity (Wildman–Crippen MR) is 127 cm³/mol. The molecule has 0 aromatic carbocycles. The maximum atomic E-state index is 11.6. The van der Waals surface area contributed by atoms with Crippen LogP contribution in [0.4, 0.5) is 0 Å². The molecule has 41 heavy (non-hydrogen) atoms. The Morgan fingerprint density at radius 1 is 0.707 bits per heavy atom. The lowest BCUT2D eigenvalue weighted by atomic mass is 9.89. The van der Waals surface area contributed by atoms with Crippen LogP contribution in [0.3, 0.4) is 0 Å². The maximum absolute atomic E-state index is 11.6. The van der Waals surface area contributed by atoms with Gasteiger partial charge in [0.05, 0.1) is 50.8 Å². The van der Waals surface area contributed by atoms with Gasteiger partial charge < -0.3 is 54.3 Å². The molecule has 8 N–H and O–H groups in total. The topological polar surface area (TPSA) is 295 Å². The first-order valence-electron chi connectivity index (χ1n) is 12.4. The fourth-order valence-corrected chi connectivity index (χ4v) is 5.87. The zero-order valence-corrected chi connectivity index (χ0v) is 23.4. The number of hydrogen-bond acceptors (Lipinski definition) is 17. The summed E-state index contributed by atoms with van der Waals surface area (Å²) in [7, 11) is -10.3. The van der Waals surface area contributed by atoms with E-state index in [2.05, 4.69) is 8.37 Å². The molecule has 3 aliphatic rings. The molecule has 3 heterocycles. The summed E-state index contributed by atoms with van der Waals surface area (Å²) in [4.78, 5) is 0. The van der Waals surface area contributed by atoms with Gasteiger partial charge in [0.15, 0.2) is 12.6 Å². The van der Waals surface area contributed by atoms with E-state index in [-0.39, 0.29) is 6.61 Å². The van der Waals surface area contributed by atoms with Crippen molar-refractivity contribution in [2.24, 2.45) is 11.8 Å². The summed E-state index contributed by atoms with van der Waals surface area (Å²) in [6, 6.07) is 0. The van der Waals surface area contributed by atoms with E-state index >= 15 is 0 Å². The molecule has 0 spiro atoms. The fourth-order valence-electron chi connectivity index (χ4n) is 4.82.